The van der Waals surface area contributed by atoms with Gasteiger partial charge in [0.15, 0.2) is 0 Å². The van der Waals surface area contributed by atoms with Crippen LogP contribution < -0.4 is 5.73 Å². The van der Waals surface area contributed by atoms with Crippen molar-refractivity contribution >= 4 is 5.84 Å². The summed E-state index contributed by atoms with van der Waals surface area (Å²) >= 11 is 0. The maximum absolute atomic E-state index is 7.32. The molecule has 15 heavy (non-hydrogen) atoms. The van der Waals surface area contributed by atoms with Gasteiger partial charge in [0, 0.05) is 25.0 Å². The molecule has 2 atom stereocenters. The third-order valence-electron chi connectivity index (χ3n) is 3.30. The molecular formula is C11H24N4. The summed E-state index contributed by atoms with van der Waals surface area (Å²) in [6.45, 7) is 4.43. The number of nitrogens with two attached hydrogens (primary N) is 1. The summed E-state index contributed by atoms with van der Waals surface area (Å²) in [5, 5.41) is 7.32. The maximum Gasteiger partial charge on any atom is 0.0920 e. The quantitative estimate of drug-likeness (QED) is 0.533. The van der Waals surface area contributed by atoms with Crippen LogP contribution in [0, 0.1) is 5.41 Å². The molecule has 1 aliphatic heterocycles. The molecule has 0 radical (unpaired) electrons. The van der Waals surface area contributed by atoms with E-state index in [4.69, 9.17) is 11.1 Å². The molecule has 4 nitrogen and oxygen atoms in total. The molecule has 1 saturated heterocycles. The minimum absolute atomic E-state index is 0.300. The molecule has 0 aromatic carbocycles. The highest BCUT2D eigenvalue weighted by atomic mass is 15.2. The molecular weight excluding hydrogens is 188 g/mol. The molecule has 4 heteroatoms. The van der Waals surface area contributed by atoms with Crippen LogP contribution in [0.25, 0.3) is 0 Å². The van der Waals surface area contributed by atoms with E-state index in [9.17, 15) is 0 Å². The van der Waals surface area contributed by atoms with E-state index in [-0.39, 0.29) is 0 Å². The lowest BCUT2D eigenvalue weighted by molar-refractivity contribution is 0.105. The number of piperidine rings is 1. The first-order chi connectivity index (χ1) is 7.00. The molecule has 1 rings (SSSR count). The second-order valence-corrected chi connectivity index (χ2v) is 4.83. The van der Waals surface area contributed by atoms with Gasteiger partial charge in [-0.05, 0) is 40.4 Å². The number of hydrogen-bond acceptors (Lipinski definition) is 3. The van der Waals surface area contributed by atoms with E-state index in [1.165, 1.54) is 12.8 Å². The van der Waals surface area contributed by atoms with Crippen molar-refractivity contribution in [1.82, 2.24) is 9.80 Å². The number of nitrogens with one attached hydrogen (secondary N) is 1. The summed E-state index contributed by atoms with van der Waals surface area (Å²) in [7, 11) is 4.29. The molecule has 88 valence electrons. The summed E-state index contributed by atoms with van der Waals surface area (Å²) < 4.78 is 0. The fourth-order valence-corrected chi connectivity index (χ4v) is 2.25. The molecule has 0 aromatic rings. The van der Waals surface area contributed by atoms with Crippen LogP contribution in [0.2, 0.25) is 0 Å². The normalized spacial score (nSPS) is 25.5. The smallest absolute Gasteiger partial charge is 0.0920 e. The van der Waals surface area contributed by atoms with Crippen molar-refractivity contribution < 1.29 is 0 Å². The lowest BCUT2D eigenvalue weighted by Crippen LogP contribution is -2.49. The van der Waals surface area contributed by atoms with Gasteiger partial charge in [-0.1, -0.05) is 0 Å². The Bertz CT molecular complexity index is 215. The van der Waals surface area contributed by atoms with E-state index in [1.807, 2.05) is 0 Å². The van der Waals surface area contributed by atoms with E-state index in [2.05, 4.69) is 30.8 Å². The zero-order valence-corrected chi connectivity index (χ0v) is 10.2. The Kier molecular flexibility index (Phi) is 4.54. The average Bonchev–Trinajstić information content (AvgIpc) is 2.17. The van der Waals surface area contributed by atoms with Crippen molar-refractivity contribution in [3.63, 3.8) is 0 Å². The molecule has 1 aliphatic rings. The lowest BCUT2D eigenvalue weighted by Gasteiger charge is -2.39. The Morgan fingerprint density at radius 3 is 2.80 bits per heavy atom. The first-order valence-corrected chi connectivity index (χ1v) is 5.74. The van der Waals surface area contributed by atoms with E-state index in [0.717, 1.165) is 13.1 Å². The Labute approximate surface area is 92.9 Å². The van der Waals surface area contributed by atoms with E-state index in [1.54, 1.807) is 0 Å². The van der Waals surface area contributed by atoms with Gasteiger partial charge in [-0.25, -0.2) is 0 Å². The standard InChI is InChI=1S/C11H24N4/c1-9(7-11(12)13)15-6-4-5-10(8-15)14(2)3/h9-10H,4-8H2,1-3H3,(H3,12,13). The summed E-state index contributed by atoms with van der Waals surface area (Å²) in [6.07, 6.45) is 3.24. The molecule has 0 bridgehead atoms. The molecule has 0 aromatic heterocycles. The third kappa shape index (κ3) is 3.80. The maximum atomic E-state index is 7.32. The largest absolute Gasteiger partial charge is 0.388 e. The van der Waals surface area contributed by atoms with Gasteiger partial charge in [0.2, 0.25) is 0 Å². The van der Waals surface area contributed by atoms with E-state index < -0.39 is 0 Å². The van der Waals surface area contributed by atoms with Crippen LogP contribution in [0.1, 0.15) is 26.2 Å². The van der Waals surface area contributed by atoms with Crippen LogP contribution >= 0.6 is 0 Å². The van der Waals surface area contributed by atoms with Crippen LogP contribution in [-0.4, -0.2) is 54.9 Å². The average molecular weight is 212 g/mol. The van der Waals surface area contributed by atoms with Gasteiger partial charge in [0.05, 0.1) is 5.84 Å². The number of hydrogen-bond donors (Lipinski definition) is 2. The van der Waals surface area contributed by atoms with Crippen molar-refractivity contribution in [3.05, 3.63) is 0 Å². The first kappa shape index (κ1) is 12.5. The molecule has 0 spiro atoms. The summed E-state index contributed by atoms with van der Waals surface area (Å²) in [6, 6.07) is 1.07. The highest BCUT2D eigenvalue weighted by molar-refractivity contribution is 5.77. The number of nitrogens with zero attached hydrogens (tertiary/aromatic N) is 2. The zero-order chi connectivity index (χ0) is 11.4. The Morgan fingerprint density at radius 1 is 1.60 bits per heavy atom. The van der Waals surface area contributed by atoms with Crippen LogP contribution in [0.5, 0.6) is 0 Å². The monoisotopic (exact) mass is 212 g/mol. The van der Waals surface area contributed by atoms with Crippen molar-refractivity contribution in [2.45, 2.75) is 38.3 Å². The Balaban J connectivity index is 2.44. The fourth-order valence-electron chi connectivity index (χ4n) is 2.25. The molecule has 0 amide bonds. The number of amidine groups is 1. The summed E-state index contributed by atoms with van der Waals surface area (Å²) in [5.74, 6) is 0.300. The summed E-state index contributed by atoms with van der Waals surface area (Å²) in [5.41, 5.74) is 5.44. The number of likely N-dealkylation sites (N-methyl/N-ethyl adjacent to an activating group) is 1. The van der Waals surface area contributed by atoms with E-state index >= 15 is 0 Å². The molecule has 1 heterocycles. The predicted molar refractivity (Wildman–Crippen MR) is 64.3 cm³/mol. The minimum Gasteiger partial charge on any atom is -0.388 e. The van der Waals surface area contributed by atoms with Gasteiger partial charge in [-0.2, -0.15) is 0 Å². The van der Waals surface area contributed by atoms with Crippen molar-refractivity contribution in [2.24, 2.45) is 5.73 Å². The van der Waals surface area contributed by atoms with Gasteiger partial charge < -0.3 is 10.6 Å². The predicted octanol–water partition coefficient (Wildman–Crippen LogP) is 0.727. The lowest BCUT2D eigenvalue weighted by atomic mass is 10.0. The SMILES string of the molecule is CC(CC(=N)N)N1CCCC(N(C)C)C1. The molecule has 0 saturated carbocycles. The van der Waals surface area contributed by atoms with Crippen LogP contribution in [0.3, 0.4) is 0 Å². The topological polar surface area (TPSA) is 56.4 Å². The zero-order valence-electron chi connectivity index (χ0n) is 10.2. The van der Waals surface area contributed by atoms with Gasteiger partial charge in [-0.3, -0.25) is 10.3 Å². The first-order valence-electron chi connectivity index (χ1n) is 5.74. The van der Waals surface area contributed by atoms with Gasteiger partial charge in [0.1, 0.15) is 0 Å². The third-order valence-corrected chi connectivity index (χ3v) is 3.30. The Hall–Kier alpha value is -0.610. The molecule has 1 fully saturated rings. The van der Waals surface area contributed by atoms with Crippen LogP contribution in [0.15, 0.2) is 0 Å². The van der Waals surface area contributed by atoms with Crippen molar-refractivity contribution in [1.29, 1.82) is 5.41 Å². The minimum atomic E-state index is 0.300. The van der Waals surface area contributed by atoms with Gasteiger partial charge in [0.25, 0.3) is 0 Å². The summed E-state index contributed by atoms with van der Waals surface area (Å²) in [4.78, 5) is 4.75. The highest BCUT2D eigenvalue weighted by Gasteiger charge is 2.24. The van der Waals surface area contributed by atoms with Gasteiger partial charge >= 0.3 is 0 Å². The van der Waals surface area contributed by atoms with Gasteiger partial charge in [-0.15, -0.1) is 0 Å². The highest BCUT2D eigenvalue weighted by Crippen LogP contribution is 2.17. The van der Waals surface area contributed by atoms with Crippen LogP contribution in [-0.2, 0) is 0 Å². The molecule has 2 unspecified atom stereocenters. The molecule has 3 N–H and O–H groups in total. The second kappa shape index (κ2) is 5.47. The fraction of sp³-hybridized carbons (Fsp3) is 0.909. The molecule has 0 aliphatic carbocycles. The van der Waals surface area contributed by atoms with Crippen LogP contribution in [0.4, 0.5) is 0 Å². The van der Waals surface area contributed by atoms with Crippen molar-refractivity contribution in [3.8, 4) is 0 Å². The van der Waals surface area contributed by atoms with E-state index in [0.29, 0.717) is 24.3 Å². The number of rotatable bonds is 4. The second-order valence-electron chi connectivity index (χ2n) is 4.83. The number of likely N-dealkylation sites (tertiary alicyclic amines) is 1. The Morgan fingerprint density at radius 2 is 2.27 bits per heavy atom. The van der Waals surface area contributed by atoms with Crippen molar-refractivity contribution in [2.75, 3.05) is 27.2 Å².